The first-order valence-electron chi connectivity index (χ1n) is 12.5. The maximum absolute atomic E-state index is 4.64. The first-order valence-corrected chi connectivity index (χ1v) is 12.5. The zero-order valence-corrected chi connectivity index (χ0v) is 20.5. The lowest BCUT2D eigenvalue weighted by molar-refractivity contribution is 0.441. The van der Waals surface area contributed by atoms with Crippen LogP contribution in [-0.2, 0) is 11.8 Å². The number of allylic oxidation sites excluding steroid dienone is 3. The lowest BCUT2D eigenvalue weighted by atomic mass is 9.63. The monoisotopic (exact) mass is 412 g/mol. The van der Waals surface area contributed by atoms with E-state index in [2.05, 4.69) is 90.6 Å². The highest BCUT2D eigenvalue weighted by Crippen LogP contribution is 2.60. The molecule has 0 N–H and O–H groups in total. The van der Waals surface area contributed by atoms with E-state index in [9.17, 15) is 0 Å². The van der Waals surface area contributed by atoms with Crippen LogP contribution in [0.4, 0.5) is 0 Å². The third kappa shape index (κ3) is 3.63. The van der Waals surface area contributed by atoms with Crippen molar-refractivity contribution in [3.8, 4) is 0 Å². The molecule has 4 rings (SSSR count). The molecule has 164 valence electrons. The van der Waals surface area contributed by atoms with Gasteiger partial charge in [0.15, 0.2) is 0 Å². The molecule has 0 saturated heterocycles. The molecule has 0 spiro atoms. The van der Waals surface area contributed by atoms with Crippen molar-refractivity contribution in [2.24, 2.45) is 11.8 Å². The molecule has 2 aliphatic carbocycles. The number of hydrogen-bond donors (Lipinski definition) is 0. The molecule has 0 amide bonds. The van der Waals surface area contributed by atoms with Crippen molar-refractivity contribution in [1.82, 2.24) is 0 Å². The summed E-state index contributed by atoms with van der Waals surface area (Å²) in [6, 6.07) is 16.3. The highest BCUT2D eigenvalue weighted by molar-refractivity contribution is 6.11. The van der Waals surface area contributed by atoms with Gasteiger partial charge in [-0.15, -0.1) is 0 Å². The Labute approximate surface area is 190 Å². The fourth-order valence-electron chi connectivity index (χ4n) is 6.27. The first-order chi connectivity index (χ1) is 14.8. The fraction of sp³-hybridized carbons (Fsp3) is 0.484. The van der Waals surface area contributed by atoms with Crippen LogP contribution in [0.2, 0.25) is 0 Å². The molecule has 0 heterocycles. The fourth-order valence-corrected chi connectivity index (χ4v) is 6.27. The smallest absolute Gasteiger partial charge is 0.0127 e. The third-order valence-corrected chi connectivity index (χ3v) is 8.10. The summed E-state index contributed by atoms with van der Waals surface area (Å²) in [6.45, 7) is 18.9. The molecule has 0 radical (unpaired) electrons. The van der Waals surface area contributed by atoms with E-state index in [0.717, 1.165) is 5.92 Å². The Morgan fingerprint density at radius 3 is 2.35 bits per heavy atom. The summed E-state index contributed by atoms with van der Waals surface area (Å²) in [4.78, 5) is 0. The van der Waals surface area contributed by atoms with E-state index in [1.54, 1.807) is 5.57 Å². The summed E-state index contributed by atoms with van der Waals surface area (Å²) in [5.74, 6) is 1.93. The SMILES string of the molecule is C=C1C2=C(C(C(C)C)c3ccccc32)C(C)(C)c2cc(CCCC(CC)CC)ccc21. The van der Waals surface area contributed by atoms with Crippen LogP contribution in [0.15, 0.2) is 54.6 Å². The van der Waals surface area contributed by atoms with Gasteiger partial charge in [0.1, 0.15) is 0 Å². The molecule has 31 heavy (non-hydrogen) atoms. The molecule has 0 saturated carbocycles. The van der Waals surface area contributed by atoms with Gasteiger partial charge in [0.05, 0.1) is 0 Å². The minimum atomic E-state index is 0.0190. The quantitative estimate of drug-likeness (QED) is 0.425. The summed E-state index contributed by atoms with van der Waals surface area (Å²) < 4.78 is 0. The molecular formula is C31H40. The van der Waals surface area contributed by atoms with E-state index in [1.807, 2.05) is 0 Å². The van der Waals surface area contributed by atoms with Crippen molar-refractivity contribution in [2.75, 3.05) is 0 Å². The number of benzene rings is 2. The minimum absolute atomic E-state index is 0.0190. The van der Waals surface area contributed by atoms with Crippen LogP contribution in [-0.4, -0.2) is 0 Å². The molecule has 0 bridgehead atoms. The number of hydrogen-bond acceptors (Lipinski definition) is 0. The Morgan fingerprint density at radius 1 is 0.968 bits per heavy atom. The van der Waals surface area contributed by atoms with Gasteiger partial charge in [0.25, 0.3) is 0 Å². The molecule has 0 nitrogen and oxygen atoms in total. The van der Waals surface area contributed by atoms with Gasteiger partial charge in [-0.1, -0.05) is 110 Å². The third-order valence-electron chi connectivity index (χ3n) is 8.10. The van der Waals surface area contributed by atoms with E-state index in [-0.39, 0.29) is 5.41 Å². The van der Waals surface area contributed by atoms with Crippen molar-refractivity contribution in [1.29, 1.82) is 0 Å². The van der Waals surface area contributed by atoms with Crippen molar-refractivity contribution >= 4 is 11.1 Å². The topological polar surface area (TPSA) is 0 Å². The van der Waals surface area contributed by atoms with Crippen LogP contribution in [0.1, 0.15) is 101 Å². The van der Waals surface area contributed by atoms with Gasteiger partial charge in [-0.05, 0) is 69.2 Å². The van der Waals surface area contributed by atoms with E-state index in [0.29, 0.717) is 11.8 Å². The molecule has 1 unspecified atom stereocenters. The predicted octanol–water partition coefficient (Wildman–Crippen LogP) is 8.96. The Balaban J connectivity index is 1.72. The van der Waals surface area contributed by atoms with Gasteiger partial charge in [-0.2, -0.15) is 0 Å². The van der Waals surface area contributed by atoms with Gasteiger partial charge >= 0.3 is 0 Å². The summed E-state index contributed by atoms with van der Waals surface area (Å²) in [5, 5.41) is 0. The van der Waals surface area contributed by atoms with Gasteiger partial charge in [-0.25, -0.2) is 0 Å². The molecule has 1 atom stereocenters. The molecule has 0 fully saturated rings. The molecular weight excluding hydrogens is 372 g/mol. The van der Waals surface area contributed by atoms with Gasteiger partial charge < -0.3 is 0 Å². The van der Waals surface area contributed by atoms with Crippen LogP contribution in [0.5, 0.6) is 0 Å². The number of aryl methyl sites for hydroxylation is 1. The summed E-state index contributed by atoms with van der Waals surface area (Å²) in [5.41, 5.74) is 11.5. The van der Waals surface area contributed by atoms with Crippen molar-refractivity contribution in [2.45, 2.75) is 85.0 Å². The van der Waals surface area contributed by atoms with Crippen LogP contribution in [0, 0.1) is 11.8 Å². The molecule has 2 aliphatic rings. The zero-order chi connectivity index (χ0) is 22.3. The lowest BCUT2D eigenvalue weighted by Gasteiger charge is -2.40. The van der Waals surface area contributed by atoms with E-state index >= 15 is 0 Å². The second-order valence-electron chi connectivity index (χ2n) is 10.7. The Kier molecular flexibility index (Phi) is 6.03. The minimum Gasteiger partial charge on any atom is -0.0905 e. The van der Waals surface area contributed by atoms with E-state index in [1.165, 1.54) is 71.1 Å². The average Bonchev–Trinajstić information content (AvgIpc) is 3.12. The summed E-state index contributed by atoms with van der Waals surface area (Å²) in [6.07, 6.45) is 6.44. The highest BCUT2D eigenvalue weighted by atomic mass is 14.5. The first kappa shape index (κ1) is 22.1. The van der Waals surface area contributed by atoms with Gasteiger partial charge in [0.2, 0.25) is 0 Å². The van der Waals surface area contributed by atoms with E-state index < -0.39 is 0 Å². The van der Waals surface area contributed by atoms with Crippen LogP contribution in [0.25, 0.3) is 11.1 Å². The van der Waals surface area contributed by atoms with Gasteiger partial charge in [-0.3, -0.25) is 0 Å². The van der Waals surface area contributed by atoms with Gasteiger partial charge in [0, 0.05) is 11.3 Å². The molecule has 0 aromatic heterocycles. The molecule has 0 heteroatoms. The molecule has 2 aromatic rings. The average molecular weight is 413 g/mol. The Hall–Kier alpha value is -2.08. The van der Waals surface area contributed by atoms with Crippen LogP contribution in [0.3, 0.4) is 0 Å². The van der Waals surface area contributed by atoms with Crippen LogP contribution >= 0.6 is 0 Å². The summed E-state index contributed by atoms with van der Waals surface area (Å²) in [7, 11) is 0. The zero-order valence-electron chi connectivity index (χ0n) is 20.5. The number of rotatable bonds is 7. The maximum Gasteiger partial charge on any atom is 0.0127 e. The largest absolute Gasteiger partial charge is 0.0905 e. The van der Waals surface area contributed by atoms with Crippen LogP contribution < -0.4 is 0 Å². The summed E-state index contributed by atoms with van der Waals surface area (Å²) >= 11 is 0. The second kappa shape index (κ2) is 8.45. The lowest BCUT2D eigenvalue weighted by Crippen LogP contribution is -2.29. The number of fused-ring (bicyclic) bond motifs is 3. The predicted molar refractivity (Wildman–Crippen MR) is 136 cm³/mol. The van der Waals surface area contributed by atoms with Crippen molar-refractivity contribution in [3.05, 3.63) is 82.4 Å². The standard InChI is InChI=1S/C31H40/c1-8-22(9-2)13-12-14-23-17-18-24-21(5)29-26-16-11-10-15-25(26)28(20(3)4)30(29)31(6,7)27(24)19-23/h10-11,15-20,22,28H,5,8-9,12-14H2,1-4,6-7H3. The second-order valence-corrected chi connectivity index (χ2v) is 10.7. The maximum atomic E-state index is 4.64. The molecule has 2 aromatic carbocycles. The molecule has 0 aliphatic heterocycles. The Bertz CT molecular complexity index is 1010. The normalized spacial score (nSPS) is 19.1. The van der Waals surface area contributed by atoms with Crippen molar-refractivity contribution in [3.63, 3.8) is 0 Å². The van der Waals surface area contributed by atoms with Crippen molar-refractivity contribution < 1.29 is 0 Å². The Morgan fingerprint density at radius 2 is 1.68 bits per heavy atom. The highest BCUT2D eigenvalue weighted by Gasteiger charge is 2.45. The van der Waals surface area contributed by atoms with E-state index in [4.69, 9.17) is 0 Å².